The maximum Gasteiger partial charge on any atom is 0.312 e. The average Bonchev–Trinajstić information content (AvgIpc) is 3.61. The predicted molar refractivity (Wildman–Crippen MR) is 175 cm³/mol. The smallest absolute Gasteiger partial charge is 0.312 e. The lowest BCUT2D eigenvalue weighted by Gasteiger charge is -2.45. The number of esters is 3. The van der Waals surface area contributed by atoms with Crippen LogP contribution < -0.4 is 10.5 Å². The molecule has 2 bridgehead atoms. The van der Waals surface area contributed by atoms with Gasteiger partial charge in [0.15, 0.2) is 17.0 Å². The maximum atomic E-state index is 14.2. The van der Waals surface area contributed by atoms with E-state index in [9.17, 15) is 18.8 Å². The molecule has 3 heterocycles. The molecular formula is C36H42FN5O7. The molecule has 0 amide bonds. The number of benzene rings is 1. The molecular weight excluding hydrogens is 633 g/mol. The van der Waals surface area contributed by atoms with Crippen molar-refractivity contribution in [3.05, 3.63) is 41.2 Å². The molecule has 0 spiro atoms. The van der Waals surface area contributed by atoms with E-state index >= 15 is 0 Å². The first-order valence-corrected chi connectivity index (χ1v) is 16.6. The van der Waals surface area contributed by atoms with Crippen LogP contribution in [0, 0.1) is 43.6 Å². The largest absolute Gasteiger partial charge is 0.461 e. The summed E-state index contributed by atoms with van der Waals surface area (Å²) in [6.45, 7) is 8.40. The zero-order valence-corrected chi connectivity index (χ0v) is 28.5. The average molecular weight is 676 g/mol. The Bertz CT molecular complexity index is 1840. The first kappa shape index (κ1) is 34.3. The van der Waals surface area contributed by atoms with Crippen molar-refractivity contribution in [1.29, 1.82) is 0 Å². The van der Waals surface area contributed by atoms with Crippen LogP contribution in [0.5, 0.6) is 5.75 Å². The number of carbonyl (C=O) groups excluding carboxylic acids is 3. The van der Waals surface area contributed by atoms with Gasteiger partial charge < -0.3 is 24.7 Å². The number of halogens is 1. The van der Waals surface area contributed by atoms with Crippen molar-refractivity contribution in [1.82, 2.24) is 19.5 Å². The minimum atomic E-state index is -1.68. The Kier molecular flexibility index (Phi) is 8.90. The van der Waals surface area contributed by atoms with E-state index in [4.69, 9.17) is 31.1 Å². The zero-order chi connectivity index (χ0) is 35.3. The van der Waals surface area contributed by atoms with E-state index in [0.717, 1.165) is 49.7 Å². The fourth-order valence-corrected chi connectivity index (χ4v) is 8.00. The monoisotopic (exact) mass is 675 g/mol. The third-order valence-electron chi connectivity index (χ3n) is 10.4. The van der Waals surface area contributed by atoms with Crippen molar-refractivity contribution in [3.63, 3.8) is 0 Å². The number of fused-ring (bicyclic) bond motifs is 4. The third kappa shape index (κ3) is 6.46. The van der Waals surface area contributed by atoms with Crippen molar-refractivity contribution in [3.8, 4) is 18.1 Å². The summed E-state index contributed by atoms with van der Waals surface area (Å²) < 4.78 is 39.7. The first-order valence-electron chi connectivity index (χ1n) is 16.6. The van der Waals surface area contributed by atoms with E-state index in [2.05, 4.69) is 20.9 Å². The van der Waals surface area contributed by atoms with Crippen molar-refractivity contribution >= 4 is 34.9 Å². The van der Waals surface area contributed by atoms with Crippen LogP contribution in [0.25, 0.3) is 11.2 Å². The number of hydrogen-bond donors (Lipinski definition) is 1. The SMILES string of the molecule is C#C[C@]1(COC(=O)CC(C)(C)c2c(C)cc(C)cc2OC(C)=O)O[C@@H](n2cnc3c(N)nc(F)nc32)C[C@@H]1OC(=O)C12CCC(CC1)CC2. The molecule has 0 radical (unpaired) electrons. The molecule has 4 fully saturated rings. The van der Waals surface area contributed by atoms with Crippen molar-refractivity contribution in [2.75, 3.05) is 12.3 Å². The van der Waals surface area contributed by atoms with Gasteiger partial charge in [-0.25, -0.2) is 4.98 Å². The molecule has 260 valence electrons. The number of aryl methyl sites for hydroxylation is 2. The summed E-state index contributed by atoms with van der Waals surface area (Å²) >= 11 is 0. The fraction of sp³-hybridized carbons (Fsp3) is 0.556. The number of terminal acetylenes is 1. The second-order valence-corrected chi connectivity index (χ2v) is 14.5. The summed E-state index contributed by atoms with van der Waals surface area (Å²) in [6, 6.07) is 3.72. The van der Waals surface area contributed by atoms with E-state index in [1.54, 1.807) is 6.07 Å². The lowest BCUT2D eigenvalue weighted by atomic mass is 9.61. The minimum absolute atomic E-state index is 0.0585. The summed E-state index contributed by atoms with van der Waals surface area (Å²) in [4.78, 5) is 51.0. The topological polar surface area (TPSA) is 158 Å². The Morgan fingerprint density at radius 2 is 1.86 bits per heavy atom. The number of anilines is 1. The number of ether oxygens (including phenoxy) is 4. The van der Waals surface area contributed by atoms with Crippen molar-refractivity contribution in [2.45, 2.75) is 109 Å². The molecule has 12 nitrogen and oxygen atoms in total. The summed E-state index contributed by atoms with van der Waals surface area (Å²) in [5.41, 5.74) is 5.51. The van der Waals surface area contributed by atoms with Crippen LogP contribution in [-0.2, 0) is 34.0 Å². The van der Waals surface area contributed by atoms with Gasteiger partial charge in [0.05, 0.1) is 18.2 Å². The third-order valence-corrected chi connectivity index (χ3v) is 10.4. The highest BCUT2D eigenvalue weighted by Crippen LogP contribution is 2.52. The Morgan fingerprint density at radius 3 is 2.51 bits per heavy atom. The van der Waals surface area contributed by atoms with Gasteiger partial charge in [-0.3, -0.25) is 19.0 Å². The fourth-order valence-electron chi connectivity index (χ4n) is 8.00. The summed E-state index contributed by atoms with van der Waals surface area (Å²) in [5, 5.41) is 0. The number of nitrogen functional groups attached to an aromatic ring is 1. The van der Waals surface area contributed by atoms with Gasteiger partial charge in [-0.2, -0.15) is 14.4 Å². The molecule has 2 aromatic heterocycles. The van der Waals surface area contributed by atoms with Crippen LogP contribution in [0.2, 0.25) is 0 Å². The van der Waals surface area contributed by atoms with Crippen molar-refractivity contribution < 1.29 is 37.7 Å². The zero-order valence-electron chi connectivity index (χ0n) is 28.5. The number of aromatic nitrogens is 4. The standard InChI is InChI=1S/C36H42FN5O7/c1-7-36(18-46-27(44)17-34(5,6)28-21(3)14-20(2)15-24(28)47-22(4)43)25(48-32(45)35-11-8-23(9-12-35)10-13-35)16-26(49-36)42-19-39-29-30(38)40-33(37)41-31(29)42/h1,14-15,19,23,25-26H,8-13,16-18H2,2-6H3,(H2,38,40,41)/t23?,25-,26+,35?,36+/m0/s1. The molecule has 3 aliphatic carbocycles. The second-order valence-electron chi connectivity index (χ2n) is 14.5. The van der Waals surface area contributed by atoms with E-state index in [1.807, 2.05) is 33.8 Å². The van der Waals surface area contributed by atoms with E-state index in [0.29, 0.717) is 17.2 Å². The highest BCUT2D eigenvalue weighted by Gasteiger charge is 2.55. The molecule has 3 aromatic rings. The molecule has 3 saturated carbocycles. The summed E-state index contributed by atoms with van der Waals surface area (Å²) in [5.74, 6) is 2.10. The van der Waals surface area contributed by atoms with Gasteiger partial charge in [-0.05, 0) is 75.5 Å². The van der Waals surface area contributed by atoms with E-state index < -0.39 is 53.4 Å². The Balaban J connectivity index is 1.26. The molecule has 1 aromatic carbocycles. The Labute approximate surface area is 284 Å². The minimum Gasteiger partial charge on any atom is -0.461 e. The lowest BCUT2D eigenvalue weighted by molar-refractivity contribution is -0.180. The molecule has 7 rings (SSSR count). The number of hydrogen-bond acceptors (Lipinski definition) is 11. The molecule has 49 heavy (non-hydrogen) atoms. The van der Waals surface area contributed by atoms with Crippen molar-refractivity contribution in [2.24, 2.45) is 11.3 Å². The second kappa shape index (κ2) is 12.7. The number of carbonyl (C=O) groups is 3. The molecule has 4 aliphatic rings. The predicted octanol–water partition coefficient (Wildman–Crippen LogP) is 5.17. The maximum absolute atomic E-state index is 14.2. The normalized spacial score (nSPS) is 26.3. The molecule has 1 saturated heterocycles. The molecule has 1 aliphatic heterocycles. The van der Waals surface area contributed by atoms with Gasteiger partial charge in [0.1, 0.15) is 24.7 Å². The number of nitrogens with two attached hydrogens (primary N) is 1. The van der Waals surface area contributed by atoms with Gasteiger partial charge in [0, 0.05) is 24.3 Å². The highest BCUT2D eigenvalue weighted by atomic mass is 19.1. The number of rotatable bonds is 9. The molecule has 3 atom stereocenters. The quantitative estimate of drug-likeness (QED) is 0.138. The first-order chi connectivity index (χ1) is 23.1. The van der Waals surface area contributed by atoms with E-state index in [-0.39, 0.29) is 35.8 Å². The number of nitrogens with zero attached hydrogens (tertiary/aromatic N) is 4. The van der Waals surface area contributed by atoms with Crippen LogP contribution >= 0.6 is 0 Å². The summed E-state index contributed by atoms with van der Waals surface area (Å²) in [6.07, 6.45) is 9.67. The van der Waals surface area contributed by atoms with Gasteiger partial charge in [0.2, 0.25) is 5.60 Å². The van der Waals surface area contributed by atoms with Crippen LogP contribution in [-0.4, -0.2) is 55.7 Å². The van der Waals surface area contributed by atoms with Gasteiger partial charge in [-0.15, -0.1) is 6.42 Å². The van der Waals surface area contributed by atoms with Crippen LogP contribution in [0.3, 0.4) is 0 Å². The van der Waals surface area contributed by atoms with Crippen LogP contribution in [0.15, 0.2) is 18.5 Å². The number of imidazole rings is 1. The Morgan fingerprint density at radius 1 is 1.16 bits per heavy atom. The van der Waals surface area contributed by atoms with Crippen LogP contribution in [0.4, 0.5) is 10.2 Å². The Hall–Kier alpha value is -4.57. The van der Waals surface area contributed by atoms with Gasteiger partial charge in [0.25, 0.3) is 0 Å². The molecule has 2 N–H and O–H groups in total. The lowest BCUT2D eigenvalue weighted by Crippen LogP contribution is -2.49. The van der Waals surface area contributed by atoms with E-state index in [1.165, 1.54) is 17.8 Å². The molecule has 0 unspecified atom stereocenters. The van der Waals surface area contributed by atoms with Gasteiger partial charge >= 0.3 is 24.0 Å². The molecule has 13 heteroatoms. The van der Waals surface area contributed by atoms with Gasteiger partial charge in [-0.1, -0.05) is 25.8 Å². The highest BCUT2D eigenvalue weighted by molar-refractivity contribution is 5.81. The summed E-state index contributed by atoms with van der Waals surface area (Å²) in [7, 11) is 0. The van der Waals surface area contributed by atoms with Crippen LogP contribution in [0.1, 0.15) is 95.1 Å².